The summed E-state index contributed by atoms with van der Waals surface area (Å²) < 4.78 is 5.14. The van der Waals surface area contributed by atoms with E-state index in [9.17, 15) is 5.11 Å². The van der Waals surface area contributed by atoms with Crippen LogP contribution >= 0.6 is 0 Å². The first-order valence-electron chi connectivity index (χ1n) is 7.17. The highest BCUT2D eigenvalue weighted by Gasteiger charge is 2.03. The standard InChI is InChI=1S/C17H15N5O2/c1-24-15-8-4-13(5-9-15)16-11-19-22-17(20-16)21-18-10-12-2-6-14(23)7-3-12/h2-11,23H,1H3,(H,20,21,22)/b18-10-. The normalized spacial score (nSPS) is 10.7. The Morgan fingerprint density at radius 3 is 2.54 bits per heavy atom. The van der Waals surface area contributed by atoms with Gasteiger partial charge < -0.3 is 9.84 Å². The predicted octanol–water partition coefficient (Wildman–Crippen LogP) is 2.70. The summed E-state index contributed by atoms with van der Waals surface area (Å²) in [5.41, 5.74) is 5.15. The lowest BCUT2D eigenvalue weighted by Gasteiger charge is -2.04. The number of hydrogen-bond donors (Lipinski definition) is 2. The van der Waals surface area contributed by atoms with E-state index in [2.05, 4.69) is 25.7 Å². The molecule has 0 saturated heterocycles. The summed E-state index contributed by atoms with van der Waals surface area (Å²) in [4.78, 5) is 4.36. The molecule has 0 saturated carbocycles. The zero-order valence-electron chi connectivity index (χ0n) is 12.9. The average molecular weight is 321 g/mol. The van der Waals surface area contributed by atoms with Gasteiger partial charge in [-0.25, -0.2) is 10.4 Å². The SMILES string of the molecule is COc1ccc(-c2cnnc(N/N=C\c3ccc(O)cc3)n2)cc1. The third-order valence-electron chi connectivity index (χ3n) is 3.22. The van der Waals surface area contributed by atoms with E-state index in [0.29, 0.717) is 11.6 Å². The van der Waals surface area contributed by atoms with Crippen LogP contribution in [0.2, 0.25) is 0 Å². The highest BCUT2D eigenvalue weighted by atomic mass is 16.5. The topological polar surface area (TPSA) is 92.5 Å². The largest absolute Gasteiger partial charge is 0.508 e. The zero-order valence-corrected chi connectivity index (χ0v) is 12.9. The summed E-state index contributed by atoms with van der Waals surface area (Å²) in [6.07, 6.45) is 3.18. The van der Waals surface area contributed by atoms with E-state index >= 15 is 0 Å². The van der Waals surface area contributed by atoms with Gasteiger partial charge in [0.15, 0.2) is 0 Å². The van der Waals surface area contributed by atoms with Crippen molar-refractivity contribution in [3.8, 4) is 22.8 Å². The van der Waals surface area contributed by atoms with Crippen molar-refractivity contribution in [3.63, 3.8) is 0 Å². The number of aromatic hydroxyl groups is 1. The second kappa shape index (κ2) is 7.19. The molecule has 7 nitrogen and oxygen atoms in total. The summed E-state index contributed by atoms with van der Waals surface area (Å²) >= 11 is 0. The summed E-state index contributed by atoms with van der Waals surface area (Å²) in [5.74, 6) is 1.27. The third-order valence-corrected chi connectivity index (χ3v) is 3.22. The molecule has 24 heavy (non-hydrogen) atoms. The number of methoxy groups -OCH3 is 1. The van der Waals surface area contributed by atoms with Crippen molar-refractivity contribution in [2.45, 2.75) is 0 Å². The van der Waals surface area contributed by atoms with Crippen molar-refractivity contribution < 1.29 is 9.84 Å². The van der Waals surface area contributed by atoms with Gasteiger partial charge >= 0.3 is 0 Å². The molecule has 3 aromatic rings. The number of nitrogens with zero attached hydrogens (tertiary/aromatic N) is 4. The van der Waals surface area contributed by atoms with Gasteiger partial charge in [-0.2, -0.15) is 10.2 Å². The molecule has 1 heterocycles. The molecular formula is C17H15N5O2. The maximum Gasteiger partial charge on any atom is 0.263 e. The number of rotatable bonds is 5. The Morgan fingerprint density at radius 2 is 1.83 bits per heavy atom. The maximum atomic E-state index is 9.24. The second-order valence-corrected chi connectivity index (χ2v) is 4.86. The van der Waals surface area contributed by atoms with E-state index in [-0.39, 0.29) is 5.75 Å². The fraction of sp³-hybridized carbons (Fsp3) is 0.0588. The lowest BCUT2D eigenvalue weighted by atomic mass is 10.1. The minimum Gasteiger partial charge on any atom is -0.508 e. The van der Waals surface area contributed by atoms with Crippen molar-refractivity contribution in [3.05, 3.63) is 60.3 Å². The molecule has 0 amide bonds. The number of aromatic nitrogens is 3. The molecule has 120 valence electrons. The van der Waals surface area contributed by atoms with Crippen molar-refractivity contribution >= 4 is 12.2 Å². The number of benzene rings is 2. The smallest absolute Gasteiger partial charge is 0.263 e. The van der Waals surface area contributed by atoms with E-state index in [1.54, 1.807) is 43.8 Å². The molecule has 2 N–H and O–H groups in total. The summed E-state index contributed by atoms with van der Waals surface area (Å²) in [6.45, 7) is 0. The molecule has 0 aliphatic heterocycles. The summed E-state index contributed by atoms with van der Waals surface area (Å²) in [7, 11) is 1.62. The highest BCUT2D eigenvalue weighted by molar-refractivity contribution is 5.80. The molecule has 0 fully saturated rings. The Balaban J connectivity index is 1.71. The molecular weight excluding hydrogens is 306 g/mol. The van der Waals surface area contributed by atoms with Gasteiger partial charge in [-0.05, 0) is 54.1 Å². The maximum absolute atomic E-state index is 9.24. The van der Waals surface area contributed by atoms with Crippen molar-refractivity contribution in [1.29, 1.82) is 0 Å². The number of anilines is 1. The van der Waals surface area contributed by atoms with Gasteiger partial charge in [-0.15, -0.1) is 5.10 Å². The molecule has 3 rings (SSSR count). The molecule has 2 aromatic carbocycles. The molecule has 1 aromatic heterocycles. The number of phenols is 1. The molecule has 0 spiro atoms. The monoisotopic (exact) mass is 321 g/mol. The van der Waals surface area contributed by atoms with Crippen molar-refractivity contribution in [2.24, 2.45) is 5.10 Å². The number of hydrogen-bond acceptors (Lipinski definition) is 7. The summed E-state index contributed by atoms with van der Waals surface area (Å²) in [5, 5.41) is 21.1. The van der Waals surface area contributed by atoms with E-state index in [1.165, 1.54) is 0 Å². The summed E-state index contributed by atoms with van der Waals surface area (Å²) in [6, 6.07) is 14.2. The Bertz CT molecular complexity index is 832. The van der Waals surface area contributed by atoms with Crippen LogP contribution in [0.15, 0.2) is 59.8 Å². The quantitative estimate of drug-likeness (QED) is 0.554. The minimum absolute atomic E-state index is 0.208. The van der Waals surface area contributed by atoms with Gasteiger partial charge in [-0.1, -0.05) is 0 Å². The van der Waals surface area contributed by atoms with E-state index in [0.717, 1.165) is 16.9 Å². The van der Waals surface area contributed by atoms with Crippen LogP contribution < -0.4 is 10.2 Å². The number of phenolic OH excluding ortho intramolecular Hbond substituents is 1. The number of hydrazone groups is 1. The predicted molar refractivity (Wildman–Crippen MR) is 91.1 cm³/mol. The van der Waals surface area contributed by atoms with Gasteiger partial charge in [0.25, 0.3) is 5.95 Å². The van der Waals surface area contributed by atoms with Gasteiger partial charge in [0.1, 0.15) is 11.5 Å². The van der Waals surface area contributed by atoms with Crippen molar-refractivity contribution in [1.82, 2.24) is 15.2 Å². The molecule has 7 heteroatoms. The molecule has 0 bridgehead atoms. The van der Waals surface area contributed by atoms with Crippen LogP contribution in [0, 0.1) is 0 Å². The first-order chi connectivity index (χ1) is 11.7. The van der Waals surface area contributed by atoms with Crippen LogP contribution in [0.3, 0.4) is 0 Å². The molecule has 0 atom stereocenters. The van der Waals surface area contributed by atoms with Crippen LogP contribution in [-0.2, 0) is 0 Å². The van der Waals surface area contributed by atoms with E-state index in [1.807, 2.05) is 24.3 Å². The molecule has 0 aliphatic rings. The third kappa shape index (κ3) is 3.83. The van der Waals surface area contributed by atoms with Crippen LogP contribution in [0.1, 0.15) is 5.56 Å². The van der Waals surface area contributed by atoms with Gasteiger partial charge in [0.05, 0.1) is 25.2 Å². The highest BCUT2D eigenvalue weighted by Crippen LogP contribution is 2.20. The molecule has 0 radical (unpaired) electrons. The Labute approximate surface area is 138 Å². The van der Waals surface area contributed by atoms with Gasteiger partial charge in [0.2, 0.25) is 0 Å². The first kappa shape index (κ1) is 15.4. The Kier molecular flexibility index (Phi) is 4.62. The van der Waals surface area contributed by atoms with Gasteiger partial charge in [0, 0.05) is 5.56 Å². The lowest BCUT2D eigenvalue weighted by Crippen LogP contribution is -2.00. The van der Waals surface area contributed by atoms with Gasteiger partial charge in [-0.3, -0.25) is 0 Å². The minimum atomic E-state index is 0.208. The van der Waals surface area contributed by atoms with Crippen LogP contribution in [0.5, 0.6) is 11.5 Å². The van der Waals surface area contributed by atoms with Crippen LogP contribution in [-0.4, -0.2) is 33.6 Å². The van der Waals surface area contributed by atoms with Crippen molar-refractivity contribution in [2.75, 3.05) is 12.5 Å². The molecule has 0 aliphatic carbocycles. The lowest BCUT2D eigenvalue weighted by molar-refractivity contribution is 0.415. The fourth-order valence-electron chi connectivity index (χ4n) is 1.98. The zero-order chi connectivity index (χ0) is 16.8. The number of nitrogens with one attached hydrogen (secondary N) is 1. The van der Waals surface area contributed by atoms with Crippen LogP contribution in [0.25, 0.3) is 11.3 Å². The van der Waals surface area contributed by atoms with E-state index in [4.69, 9.17) is 4.74 Å². The fourth-order valence-corrected chi connectivity index (χ4v) is 1.98. The Hall–Kier alpha value is -3.48. The Morgan fingerprint density at radius 1 is 1.08 bits per heavy atom. The van der Waals surface area contributed by atoms with Crippen LogP contribution in [0.4, 0.5) is 5.95 Å². The average Bonchev–Trinajstić information content (AvgIpc) is 2.64. The molecule has 0 unspecified atom stereocenters. The number of ether oxygens (including phenoxy) is 1. The first-order valence-corrected chi connectivity index (χ1v) is 7.17. The van der Waals surface area contributed by atoms with E-state index < -0.39 is 0 Å². The second-order valence-electron chi connectivity index (χ2n) is 4.86.